The zero-order valence-electron chi connectivity index (χ0n) is 15.7. The number of rotatable bonds is 8. The van der Waals surface area contributed by atoms with Crippen LogP contribution in [0.15, 0.2) is 42.5 Å². The van der Waals surface area contributed by atoms with Gasteiger partial charge < -0.3 is 10.2 Å². The van der Waals surface area contributed by atoms with Crippen LogP contribution in [0.5, 0.6) is 0 Å². The van der Waals surface area contributed by atoms with Crippen LogP contribution in [0.4, 0.5) is 5.69 Å². The molecule has 3 nitrogen and oxygen atoms in total. The molecule has 0 saturated heterocycles. The van der Waals surface area contributed by atoms with Gasteiger partial charge in [0.05, 0.1) is 5.52 Å². The monoisotopic (exact) mass is 335 g/mol. The van der Waals surface area contributed by atoms with Gasteiger partial charge in [-0.3, -0.25) is 4.98 Å². The fraction of sp³-hybridized carbons (Fsp3) is 0.409. The summed E-state index contributed by atoms with van der Waals surface area (Å²) in [7, 11) is 0. The lowest BCUT2D eigenvalue weighted by molar-refractivity contribution is 0.298. The molecule has 0 atom stereocenters. The summed E-state index contributed by atoms with van der Waals surface area (Å²) in [6.07, 6.45) is 2.42. The van der Waals surface area contributed by atoms with E-state index in [1.54, 1.807) is 0 Å². The average Bonchev–Trinajstić information content (AvgIpc) is 2.64. The molecule has 3 rings (SSSR count). The minimum atomic E-state index is 1.01. The minimum absolute atomic E-state index is 1.01. The highest BCUT2D eigenvalue weighted by Crippen LogP contribution is 2.29. The fourth-order valence-electron chi connectivity index (χ4n) is 3.46. The van der Waals surface area contributed by atoms with Gasteiger partial charge in [-0.15, -0.1) is 0 Å². The van der Waals surface area contributed by atoms with Gasteiger partial charge in [-0.2, -0.15) is 0 Å². The lowest BCUT2D eigenvalue weighted by Gasteiger charge is -2.18. The SMILES string of the molecule is CCN(CC)CCCCNc1cc(C)nc2c1ccc1ccccc12. The van der Waals surface area contributed by atoms with Gasteiger partial charge in [0.2, 0.25) is 0 Å². The van der Waals surface area contributed by atoms with E-state index in [-0.39, 0.29) is 0 Å². The molecule has 0 bridgehead atoms. The van der Waals surface area contributed by atoms with E-state index in [1.165, 1.54) is 41.2 Å². The van der Waals surface area contributed by atoms with E-state index in [4.69, 9.17) is 4.98 Å². The zero-order chi connectivity index (χ0) is 17.6. The Hall–Kier alpha value is -2.13. The first kappa shape index (κ1) is 17.7. The van der Waals surface area contributed by atoms with E-state index in [0.717, 1.165) is 30.8 Å². The number of fused-ring (bicyclic) bond motifs is 3. The van der Waals surface area contributed by atoms with Crippen LogP contribution >= 0.6 is 0 Å². The number of unbranched alkanes of at least 4 members (excludes halogenated alkanes) is 1. The molecule has 0 radical (unpaired) electrons. The lowest BCUT2D eigenvalue weighted by atomic mass is 10.0. The van der Waals surface area contributed by atoms with Gasteiger partial charge in [-0.05, 0) is 50.9 Å². The number of anilines is 1. The highest BCUT2D eigenvalue weighted by molar-refractivity contribution is 6.09. The predicted octanol–water partition coefficient (Wildman–Crippen LogP) is 5.23. The second kappa shape index (κ2) is 8.30. The summed E-state index contributed by atoms with van der Waals surface area (Å²) in [6.45, 7) is 11.0. The van der Waals surface area contributed by atoms with Crippen LogP contribution in [0.3, 0.4) is 0 Å². The third-order valence-corrected chi connectivity index (χ3v) is 4.94. The Balaban J connectivity index is 1.74. The summed E-state index contributed by atoms with van der Waals surface area (Å²) in [4.78, 5) is 7.29. The number of aromatic nitrogens is 1. The van der Waals surface area contributed by atoms with Crippen molar-refractivity contribution in [3.05, 3.63) is 48.2 Å². The highest BCUT2D eigenvalue weighted by atomic mass is 15.1. The van der Waals surface area contributed by atoms with Crippen LogP contribution in [0.25, 0.3) is 21.7 Å². The largest absolute Gasteiger partial charge is 0.384 e. The Morgan fingerprint density at radius 3 is 2.56 bits per heavy atom. The topological polar surface area (TPSA) is 28.2 Å². The van der Waals surface area contributed by atoms with Crippen LogP contribution in [0.2, 0.25) is 0 Å². The van der Waals surface area contributed by atoms with Crippen LogP contribution in [0, 0.1) is 6.92 Å². The zero-order valence-corrected chi connectivity index (χ0v) is 15.7. The number of nitrogens with one attached hydrogen (secondary N) is 1. The van der Waals surface area contributed by atoms with E-state index in [1.807, 2.05) is 0 Å². The quantitative estimate of drug-likeness (QED) is 0.451. The first-order valence-electron chi connectivity index (χ1n) is 9.48. The van der Waals surface area contributed by atoms with Gasteiger partial charge >= 0.3 is 0 Å². The van der Waals surface area contributed by atoms with Gasteiger partial charge in [0.25, 0.3) is 0 Å². The number of benzene rings is 2. The minimum Gasteiger partial charge on any atom is -0.384 e. The first-order chi connectivity index (χ1) is 12.2. The van der Waals surface area contributed by atoms with Gasteiger partial charge in [0.15, 0.2) is 0 Å². The van der Waals surface area contributed by atoms with Crippen molar-refractivity contribution in [3.63, 3.8) is 0 Å². The number of aryl methyl sites for hydroxylation is 1. The summed E-state index contributed by atoms with van der Waals surface area (Å²) in [6, 6.07) is 15.0. The predicted molar refractivity (Wildman–Crippen MR) is 109 cm³/mol. The second-order valence-electron chi connectivity index (χ2n) is 6.65. The maximum atomic E-state index is 4.81. The van der Waals surface area contributed by atoms with Crippen molar-refractivity contribution in [2.24, 2.45) is 0 Å². The summed E-state index contributed by atoms with van der Waals surface area (Å²) in [5.41, 5.74) is 3.37. The molecule has 0 fully saturated rings. The van der Waals surface area contributed by atoms with Crippen molar-refractivity contribution >= 4 is 27.4 Å². The Labute approximate surface area is 151 Å². The molecule has 2 aromatic carbocycles. The molecule has 1 aromatic heterocycles. The van der Waals surface area contributed by atoms with Crippen molar-refractivity contribution in [1.82, 2.24) is 9.88 Å². The summed E-state index contributed by atoms with van der Waals surface area (Å²) in [5, 5.41) is 7.34. The van der Waals surface area contributed by atoms with Gasteiger partial charge in [0.1, 0.15) is 0 Å². The lowest BCUT2D eigenvalue weighted by Crippen LogP contribution is -2.24. The van der Waals surface area contributed by atoms with E-state index < -0.39 is 0 Å². The van der Waals surface area contributed by atoms with E-state index in [0.29, 0.717) is 0 Å². The molecule has 0 saturated carbocycles. The molecule has 0 spiro atoms. The van der Waals surface area contributed by atoms with E-state index in [2.05, 4.69) is 73.5 Å². The maximum absolute atomic E-state index is 4.81. The standard InChI is InChI=1S/C22H29N3/c1-4-25(5-2)15-9-8-14-23-21-16-17(3)24-22-19-11-7-6-10-18(19)12-13-20(21)22/h6-7,10-13,16H,4-5,8-9,14-15H2,1-3H3,(H,23,24). The van der Waals surface area contributed by atoms with Crippen LogP contribution < -0.4 is 5.32 Å². The third kappa shape index (κ3) is 4.10. The molecule has 0 unspecified atom stereocenters. The Bertz CT molecular complexity index is 837. The number of pyridine rings is 1. The summed E-state index contributed by atoms with van der Waals surface area (Å²) in [5.74, 6) is 0. The molecule has 0 aliphatic carbocycles. The Kier molecular flexibility index (Phi) is 5.87. The van der Waals surface area contributed by atoms with Gasteiger partial charge in [-0.25, -0.2) is 0 Å². The summed E-state index contributed by atoms with van der Waals surface area (Å²) >= 11 is 0. The van der Waals surface area contributed by atoms with E-state index in [9.17, 15) is 0 Å². The molecular weight excluding hydrogens is 306 g/mol. The van der Waals surface area contributed by atoms with Gasteiger partial charge in [-0.1, -0.05) is 50.2 Å². The smallest absolute Gasteiger partial charge is 0.0804 e. The molecule has 25 heavy (non-hydrogen) atoms. The van der Waals surface area contributed by atoms with Crippen molar-refractivity contribution in [1.29, 1.82) is 0 Å². The molecule has 132 valence electrons. The fourth-order valence-corrected chi connectivity index (χ4v) is 3.46. The molecule has 0 aliphatic rings. The van der Waals surface area contributed by atoms with Crippen molar-refractivity contribution in [2.75, 3.05) is 31.5 Å². The average molecular weight is 335 g/mol. The molecule has 0 aliphatic heterocycles. The Morgan fingerprint density at radius 1 is 0.960 bits per heavy atom. The molecule has 1 N–H and O–H groups in total. The van der Waals surface area contributed by atoms with E-state index >= 15 is 0 Å². The molecule has 0 amide bonds. The first-order valence-corrected chi connectivity index (χ1v) is 9.48. The molecule has 3 heteroatoms. The maximum Gasteiger partial charge on any atom is 0.0804 e. The molecule has 1 heterocycles. The van der Waals surface area contributed by atoms with Crippen LogP contribution in [0.1, 0.15) is 32.4 Å². The van der Waals surface area contributed by atoms with Crippen LogP contribution in [-0.2, 0) is 0 Å². The van der Waals surface area contributed by atoms with Crippen molar-refractivity contribution in [3.8, 4) is 0 Å². The number of hydrogen-bond donors (Lipinski definition) is 1. The Morgan fingerprint density at radius 2 is 1.76 bits per heavy atom. The highest BCUT2D eigenvalue weighted by Gasteiger charge is 2.07. The van der Waals surface area contributed by atoms with Crippen LogP contribution in [-0.4, -0.2) is 36.1 Å². The normalized spacial score (nSPS) is 11.5. The summed E-state index contributed by atoms with van der Waals surface area (Å²) < 4.78 is 0. The molecular formula is C22H29N3. The third-order valence-electron chi connectivity index (χ3n) is 4.94. The number of hydrogen-bond acceptors (Lipinski definition) is 3. The van der Waals surface area contributed by atoms with Gasteiger partial charge in [0, 0.05) is 28.7 Å². The molecule has 3 aromatic rings. The number of nitrogens with zero attached hydrogens (tertiary/aromatic N) is 2. The van der Waals surface area contributed by atoms with Crippen molar-refractivity contribution < 1.29 is 0 Å². The van der Waals surface area contributed by atoms with Crippen molar-refractivity contribution in [2.45, 2.75) is 33.6 Å². The second-order valence-corrected chi connectivity index (χ2v) is 6.65.